The minimum absolute atomic E-state index is 0.0274. The van der Waals surface area contributed by atoms with Gasteiger partial charge in [-0.3, -0.25) is 24.0 Å². The van der Waals surface area contributed by atoms with Gasteiger partial charge in [-0.1, -0.05) is 44.2 Å². The molecule has 0 heterocycles. The Bertz CT molecular complexity index is 1080. The average molecular weight is 456 g/mol. The maximum absolute atomic E-state index is 12.7. The standard InChI is InChI=1S/C24H29N3O6/c1-13(2)11-20(22(31)26-19(15(4)28)12-21(29)30)27-24(33)23(32)25-18-10-9-14(3)16-7-5-6-8-17(16)18/h5-10,13,19-20H,11-12H2,1-4H3,(H,25,32)(H,26,31)(H,27,33)(H,29,30)/t19?,20-/m0/s1. The first kappa shape index (κ1) is 25.5. The van der Waals surface area contributed by atoms with Gasteiger partial charge in [0.05, 0.1) is 12.5 Å². The Kier molecular flexibility index (Phi) is 8.67. The number of benzene rings is 2. The van der Waals surface area contributed by atoms with E-state index < -0.39 is 48.0 Å². The monoisotopic (exact) mass is 455 g/mol. The molecule has 4 N–H and O–H groups in total. The summed E-state index contributed by atoms with van der Waals surface area (Å²) in [5.74, 6) is -4.49. The van der Waals surface area contributed by atoms with Crippen LogP contribution in [0.4, 0.5) is 5.69 Å². The zero-order chi connectivity index (χ0) is 24.7. The van der Waals surface area contributed by atoms with Crippen molar-refractivity contribution in [1.82, 2.24) is 10.6 Å². The molecule has 0 radical (unpaired) electrons. The van der Waals surface area contributed by atoms with Crippen LogP contribution in [0.2, 0.25) is 0 Å². The molecule has 0 aliphatic carbocycles. The van der Waals surface area contributed by atoms with Gasteiger partial charge in [-0.15, -0.1) is 0 Å². The van der Waals surface area contributed by atoms with E-state index in [1.807, 2.05) is 51.1 Å². The summed E-state index contributed by atoms with van der Waals surface area (Å²) in [6, 6.07) is 8.62. The molecule has 2 rings (SSSR count). The number of nitrogens with one attached hydrogen (secondary N) is 3. The van der Waals surface area contributed by atoms with E-state index in [0.717, 1.165) is 16.3 Å². The first-order chi connectivity index (χ1) is 15.5. The minimum atomic E-state index is -1.25. The molecule has 9 nitrogen and oxygen atoms in total. The van der Waals surface area contributed by atoms with Crippen molar-refractivity contribution in [3.05, 3.63) is 42.0 Å². The molecule has 2 atom stereocenters. The number of rotatable bonds is 9. The van der Waals surface area contributed by atoms with Crippen molar-refractivity contribution in [3.63, 3.8) is 0 Å². The Morgan fingerprint density at radius 1 is 0.879 bits per heavy atom. The summed E-state index contributed by atoms with van der Waals surface area (Å²) in [5.41, 5.74) is 1.47. The molecule has 33 heavy (non-hydrogen) atoms. The fraction of sp³-hybridized carbons (Fsp3) is 0.375. The molecule has 0 fully saturated rings. The lowest BCUT2D eigenvalue weighted by Gasteiger charge is -2.22. The molecular formula is C24H29N3O6. The molecule has 2 aromatic carbocycles. The SMILES string of the molecule is CC(=O)C(CC(=O)O)NC(=O)[C@H](CC(C)C)NC(=O)C(=O)Nc1ccc(C)c2ccccc12. The van der Waals surface area contributed by atoms with E-state index in [4.69, 9.17) is 5.11 Å². The fourth-order valence-electron chi connectivity index (χ4n) is 3.41. The minimum Gasteiger partial charge on any atom is -0.481 e. The molecule has 9 heteroatoms. The molecule has 3 amide bonds. The van der Waals surface area contributed by atoms with E-state index in [1.54, 1.807) is 6.07 Å². The molecule has 0 spiro atoms. The van der Waals surface area contributed by atoms with E-state index in [-0.39, 0.29) is 12.3 Å². The number of aliphatic carboxylic acids is 1. The van der Waals surface area contributed by atoms with Crippen LogP contribution >= 0.6 is 0 Å². The Balaban J connectivity index is 2.15. The molecule has 0 aromatic heterocycles. The third-order valence-corrected chi connectivity index (χ3v) is 5.11. The normalized spacial score (nSPS) is 12.6. The number of aryl methyl sites for hydroxylation is 1. The second-order valence-corrected chi connectivity index (χ2v) is 8.36. The van der Waals surface area contributed by atoms with Gasteiger partial charge < -0.3 is 21.1 Å². The van der Waals surface area contributed by atoms with Crippen LogP contribution in [0, 0.1) is 12.8 Å². The number of carbonyl (C=O) groups is 5. The summed E-state index contributed by atoms with van der Waals surface area (Å²) in [7, 11) is 0. The first-order valence-electron chi connectivity index (χ1n) is 10.6. The zero-order valence-corrected chi connectivity index (χ0v) is 19.1. The summed E-state index contributed by atoms with van der Waals surface area (Å²) >= 11 is 0. The third kappa shape index (κ3) is 7.13. The fourth-order valence-corrected chi connectivity index (χ4v) is 3.41. The summed E-state index contributed by atoms with van der Waals surface area (Å²) in [6.45, 7) is 6.76. The molecular weight excluding hydrogens is 426 g/mol. The van der Waals surface area contributed by atoms with Crippen LogP contribution in [0.15, 0.2) is 36.4 Å². The van der Waals surface area contributed by atoms with Crippen LogP contribution < -0.4 is 16.0 Å². The smallest absolute Gasteiger partial charge is 0.313 e. The number of carboxylic acid groups (broad SMARTS) is 1. The Labute approximate surface area is 191 Å². The number of hydrogen-bond acceptors (Lipinski definition) is 5. The number of hydrogen-bond donors (Lipinski definition) is 4. The van der Waals surface area contributed by atoms with Crippen LogP contribution in [-0.2, 0) is 24.0 Å². The predicted octanol–water partition coefficient (Wildman–Crippen LogP) is 2.17. The Hall–Kier alpha value is -3.75. The number of anilines is 1. The molecule has 0 aliphatic rings. The Morgan fingerprint density at radius 3 is 2.09 bits per heavy atom. The highest BCUT2D eigenvalue weighted by Crippen LogP contribution is 2.26. The molecule has 0 aliphatic heterocycles. The van der Waals surface area contributed by atoms with Gasteiger partial charge in [0.25, 0.3) is 0 Å². The van der Waals surface area contributed by atoms with Gasteiger partial charge in [0, 0.05) is 11.1 Å². The second-order valence-electron chi connectivity index (χ2n) is 8.36. The highest BCUT2D eigenvalue weighted by molar-refractivity contribution is 6.40. The average Bonchev–Trinajstić information content (AvgIpc) is 2.74. The number of Topliss-reactive ketones (excluding diaryl/α,β-unsaturated/α-hetero) is 1. The number of ketones is 1. The van der Waals surface area contributed by atoms with E-state index in [9.17, 15) is 24.0 Å². The topological polar surface area (TPSA) is 142 Å². The number of amides is 3. The van der Waals surface area contributed by atoms with Crippen molar-refractivity contribution < 1.29 is 29.1 Å². The van der Waals surface area contributed by atoms with Crippen molar-refractivity contribution in [1.29, 1.82) is 0 Å². The number of carbonyl (C=O) groups excluding carboxylic acids is 4. The van der Waals surface area contributed by atoms with E-state index in [1.165, 1.54) is 6.92 Å². The van der Waals surface area contributed by atoms with Gasteiger partial charge in [0.15, 0.2) is 5.78 Å². The van der Waals surface area contributed by atoms with Gasteiger partial charge in [-0.2, -0.15) is 0 Å². The maximum atomic E-state index is 12.7. The number of carboxylic acids is 1. The highest BCUT2D eigenvalue weighted by atomic mass is 16.4. The Morgan fingerprint density at radius 2 is 1.52 bits per heavy atom. The third-order valence-electron chi connectivity index (χ3n) is 5.11. The summed E-state index contributed by atoms with van der Waals surface area (Å²) < 4.78 is 0. The van der Waals surface area contributed by atoms with Gasteiger partial charge in [-0.05, 0) is 43.2 Å². The van der Waals surface area contributed by atoms with E-state index >= 15 is 0 Å². The summed E-state index contributed by atoms with van der Waals surface area (Å²) in [4.78, 5) is 60.5. The van der Waals surface area contributed by atoms with Crippen molar-refractivity contribution in [2.24, 2.45) is 5.92 Å². The largest absolute Gasteiger partial charge is 0.481 e. The molecule has 0 saturated carbocycles. The van der Waals surface area contributed by atoms with E-state index in [2.05, 4.69) is 16.0 Å². The van der Waals surface area contributed by atoms with Crippen molar-refractivity contribution in [3.8, 4) is 0 Å². The van der Waals surface area contributed by atoms with Crippen molar-refractivity contribution >= 4 is 45.9 Å². The quantitative estimate of drug-likeness (QED) is 0.427. The number of fused-ring (bicyclic) bond motifs is 1. The molecule has 0 saturated heterocycles. The van der Waals surface area contributed by atoms with Crippen LogP contribution in [-0.4, -0.2) is 46.7 Å². The lowest BCUT2D eigenvalue weighted by Crippen LogP contribution is -2.53. The van der Waals surface area contributed by atoms with Crippen LogP contribution in [0.25, 0.3) is 10.8 Å². The van der Waals surface area contributed by atoms with Crippen LogP contribution in [0.5, 0.6) is 0 Å². The van der Waals surface area contributed by atoms with Crippen molar-refractivity contribution in [2.45, 2.75) is 52.6 Å². The molecule has 176 valence electrons. The molecule has 2 aromatic rings. The van der Waals surface area contributed by atoms with Crippen LogP contribution in [0.1, 0.15) is 39.2 Å². The lowest BCUT2D eigenvalue weighted by molar-refractivity contribution is -0.140. The maximum Gasteiger partial charge on any atom is 0.313 e. The first-order valence-corrected chi connectivity index (χ1v) is 10.6. The predicted molar refractivity (Wildman–Crippen MR) is 124 cm³/mol. The highest BCUT2D eigenvalue weighted by Gasteiger charge is 2.29. The van der Waals surface area contributed by atoms with Crippen LogP contribution in [0.3, 0.4) is 0 Å². The van der Waals surface area contributed by atoms with Gasteiger partial charge >= 0.3 is 17.8 Å². The van der Waals surface area contributed by atoms with Gasteiger partial charge in [0.2, 0.25) is 5.91 Å². The van der Waals surface area contributed by atoms with E-state index in [0.29, 0.717) is 5.69 Å². The van der Waals surface area contributed by atoms with Crippen molar-refractivity contribution in [2.75, 3.05) is 5.32 Å². The van der Waals surface area contributed by atoms with Gasteiger partial charge in [-0.25, -0.2) is 0 Å². The lowest BCUT2D eigenvalue weighted by atomic mass is 10.0. The zero-order valence-electron chi connectivity index (χ0n) is 19.1. The summed E-state index contributed by atoms with van der Waals surface area (Å²) in [5, 5.41) is 18.0. The second kappa shape index (κ2) is 11.2. The molecule has 1 unspecified atom stereocenters. The summed E-state index contributed by atoms with van der Waals surface area (Å²) in [6.07, 6.45) is -0.388. The van der Waals surface area contributed by atoms with Gasteiger partial charge in [0.1, 0.15) is 6.04 Å². The molecule has 0 bridgehead atoms.